The van der Waals surface area contributed by atoms with Crippen LogP contribution in [0.25, 0.3) is 0 Å². The molecule has 0 fully saturated rings. The number of nitro benzene ring substituents is 1. The summed E-state index contributed by atoms with van der Waals surface area (Å²) in [5.74, 6) is 0.369. The lowest BCUT2D eigenvalue weighted by Crippen LogP contribution is -2.02. The molecule has 5 heteroatoms. The lowest BCUT2D eigenvalue weighted by Gasteiger charge is -2.07. The van der Waals surface area contributed by atoms with Crippen molar-refractivity contribution in [2.75, 3.05) is 11.9 Å². The summed E-state index contributed by atoms with van der Waals surface area (Å²) in [6.07, 6.45) is 3.07. The van der Waals surface area contributed by atoms with Crippen LogP contribution < -0.4 is 4.74 Å². The van der Waals surface area contributed by atoms with Crippen LogP contribution in [-0.2, 0) is 0 Å². The van der Waals surface area contributed by atoms with Gasteiger partial charge in [0.05, 0.1) is 11.5 Å². The van der Waals surface area contributed by atoms with Crippen LogP contribution in [-0.4, -0.2) is 16.9 Å². The molecule has 0 heterocycles. The van der Waals surface area contributed by atoms with E-state index in [1.807, 2.05) is 0 Å². The number of alkyl halides is 1. The van der Waals surface area contributed by atoms with Crippen molar-refractivity contribution in [1.82, 2.24) is 0 Å². The van der Waals surface area contributed by atoms with Gasteiger partial charge in [0, 0.05) is 10.9 Å². The molecule has 4 nitrogen and oxygen atoms in total. The number of aryl methyl sites for hydroxylation is 1. The summed E-state index contributed by atoms with van der Waals surface area (Å²) in [5, 5.41) is 11.9. The van der Waals surface area contributed by atoms with E-state index in [-0.39, 0.29) is 10.6 Å². The van der Waals surface area contributed by atoms with E-state index in [0.717, 1.165) is 24.6 Å². The maximum Gasteiger partial charge on any atom is 0.313 e. The van der Waals surface area contributed by atoms with E-state index >= 15 is 0 Å². The second kappa shape index (κ2) is 7.27. The highest BCUT2D eigenvalue weighted by Crippen LogP contribution is 2.30. The van der Waals surface area contributed by atoms with E-state index in [2.05, 4.69) is 15.9 Å². The monoisotopic (exact) mass is 301 g/mol. The van der Waals surface area contributed by atoms with Crippen molar-refractivity contribution >= 4 is 21.6 Å². The first-order valence-electron chi connectivity index (χ1n) is 5.59. The first kappa shape index (κ1) is 14.0. The van der Waals surface area contributed by atoms with Gasteiger partial charge < -0.3 is 4.74 Å². The van der Waals surface area contributed by atoms with Gasteiger partial charge in [-0.25, -0.2) is 0 Å². The lowest BCUT2D eigenvalue weighted by molar-refractivity contribution is -0.386. The molecule has 94 valence electrons. The Kier molecular flexibility index (Phi) is 5.97. The molecule has 0 aliphatic rings. The van der Waals surface area contributed by atoms with E-state index in [1.165, 1.54) is 0 Å². The normalized spacial score (nSPS) is 10.2. The SMILES string of the molecule is Cc1cccc(OCCCCCBr)c1[N+](=O)[O-]. The lowest BCUT2D eigenvalue weighted by atomic mass is 10.2. The van der Waals surface area contributed by atoms with Crippen molar-refractivity contribution in [3.63, 3.8) is 0 Å². The van der Waals surface area contributed by atoms with E-state index in [0.29, 0.717) is 17.9 Å². The third kappa shape index (κ3) is 4.34. The van der Waals surface area contributed by atoms with Crippen LogP contribution >= 0.6 is 15.9 Å². The number of nitrogens with zero attached hydrogens (tertiary/aromatic N) is 1. The van der Waals surface area contributed by atoms with Crippen LogP contribution in [0.15, 0.2) is 18.2 Å². The molecule has 0 saturated carbocycles. The van der Waals surface area contributed by atoms with Gasteiger partial charge in [0.1, 0.15) is 0 Å². The molecular weight excluding hydrogens is 286 g/mol. The van der Waals surface area contributed by atoms with Gasteiger partial charge in [-0.3, -0.25) is 10.1 Å². The second-order valence-electron chi connectivity index (χ2n) is 3.78. The third-order valence-electron chi connectivity index (χ3n) is 2.42. The first-order valence-corrected chi connectivity index (χ1v) is 6.71. The van der Waals surface area contributed by atoms with E-state index in [1.54, 1.807) is 25.1 Å². The van der Waals surface area contributed by atoms with Gasteiger partial charge in [-0.05, 0) is 32.3 Å². The van der Waals surface area contributed by atoms with E-state index in [4.69, 9.17) is 4.74 Å². The first-order chi connectivity index (χ1) is 8.16. The number of para-hydroxylation sites is 1. The zero-order chi connectivity index (χ0) is 12.7. The predicted molar refractivity (Wildman–Crippen MR) is 71.0 cm³/mol. The topological polar surface area (TPSA) is 52.4 Å². The minimum absolute atomic E-state index is 0.0768. The number of rotatable bonds is 7. The number of ether oxygens (including phenoxy) is 1. The molecule has 0 amide bonds. The molecule has 0 spiro atoms. The smallest absolute Gasteiger partial charge is 0.313 e. The largest absolute Gasteiger partial charge is 0.487 e. The molecule has 0 unspecified atom stereocenters. The number of unbranched alkanes of at least 4 members (excludes halogenated alkanes) is 2. The van der Waals surface area contributed by atoms with Crippen LogP contribution in [0.1, 0.15) is 24.8 Å². The van der Waals surface area contributed by atoms with Gasteiger partial charge in [-0.1, -0.05) is 28.1 Å². The number of hydrogen-bond donors (Lipinski definition) is 0. The van der Waals surface area contributed by atoms with Crippen molar-refractivity contribution < 1.29 is 9.66 Å². The summed E-state index contributed by atoms with van der Waals surface area (Å²) in [7, 11) is 0. The average Bonchev–Trinajstić information content (AvgIpc) is 2.28. The summed E-state index contributed by atoms with van der Waals surface area (Å²) >= 11 is 3.36. The van der Waals surface area contributed by atoms with Crippen LogP contribution in [0, 0.1) is 17.0 Å². The number of hydrogen-bond acceptors (Lipinski definition) is 3. The molecule has 0 radical (unpaired) electrons. The molecule has 0 aromatic heterocycles. The highest BCUT2D eigenvalue weighted by atomic mass is 79.9. The van der Waals surface area contributed by atoms with Gasteiger partial charge in [0.15, 0.2) is 5.75 Å². The van der Waals surface area contributed by atoms with Gasteiger partial charge in [-0.15, -0.1) is 0 Å². The van der Waals surface area contributed by atoms with Crippen molar-refractivity contribution in [3.05, 3.63) is 33.9 Å². The zero-order valence-corrected chi connectivity index (χ0v) is 11.4. The Labute approximate surface area is 109 Å². The van der Waals surface area contributed by atoms with Crippen molar-refractivity contribution in [2.45, 2.75) is 26.2 Å². The number of nitro groups is 1. The highest BCUT2D eigenvalue weighted by Gasteiger charge is 2.17. The van der Waals surface area contributed by atoms with E-state index in [9.17, 15) is 10.1 Å². The summed E-state index contributed by atoms with van der Waals surface area (Å²) < 4.78 is 5.47. The Bertz CT molecular complexity index is 382. The van der Waals surface area contributed by atoms with Gasteiger partial charge >= 0.3 is 5.69 Å². The minimum atomic E-state index is -0.386. The molecule has 1 aromatic carbocycles. The van der Waals surface area contributed by atoms with E-state index < -0.39 is 0 Å². The maximum atomic E-state index is 10.9. The molecule has 0 bridgehead atoms. The third-order valence-corrected chi connectivity index (χ3v) is 2.98. The summed E-state index contributed by atoms with van der Waals surface area (Å²) in [4.78, 5) is 10.5. The van der Waals surface area contributed by atoms with Crippen LogP contribution in [0.4, 0.5) is 5.69 Å². The molecular formula is C12H16BrNO3. The van der Waals surface area contributed by atoms with Crippen molar-refractivity contribution in [2.24, 2.45) is 0 Å². The Hall–Kier alpha value is -1.10. The van der Waals surface area contributed by atoms with Crippen molar-refractivity contribution in [1.29, 1.82) is 0 Å². The predicted octanol–water partition coefficient (Wildman–Crippen LogP) is 3.85. The number of benzene rings is 1. The van der Waals surface area contributed by atoms with Crippen molar-refractivity contribution in [3.8, 4) is 5.75 Å². The standard InChI is InChI=1S/C12H16BrNO3/c1-10-6-5-7-11(12(10)14(15)16)17-9-4-2-3-8-13/h5-7H,2-4,8-9H2,1H3. The van der Waals surface area contributed by atoms with Gasteiger partial charge in [0.2, 0.25) is 0 Å². The van der Waals surface area contributed by atoms with Gasteiger partial charge in [-0.2, -0.15) is 0 Å². The summed E-state index contributed by atoms with van der Waals surface area (Å²) in [6.45, 7) is 2.24. The Morgan fingerprint density at radius 1 is 1.35 bits per heavy atom. The second-order valence-corrected chi connectivity index (χ2v) is 4.57. The summed E-state index contributed by atoms with van der Waals surface area (Å²) in [5.41, 5.74) is 0.709. The van der Waals surface area contributed by atoms with Gasteiger partial charge in [0.25, 0.3) is 0 Å². The molecule has 1 aromatic rings. The highest BCUT2D eigenvalue weighted by molar-refractivity contribution is 9.09. The van der Waals surface area contributed by atoms with Crippen LogP contribution in [0.2, 0.25) is 0 Å². The van der Waals surface area contributed by atoms with Crippen LogP contribution in [0.5, 0.6) is 5.75 Å². The molecule has 0 saturated heterocycles. The zero-order valence-electron chi connectivity index (χ0n) is 9.82. The maximum absolute atomic E-state index is 10.9. The molecule has 0 aliphatic heterocycles. The molecule has 17 heavy (non-hydrogen) atoms. The quantitative estimate of drug-likeness (QED) is 0.333. The fourth-order valence-electron chi connectivity index (χ4n) is 1.54. The summed E-state index contributed by atoms with van der Waals surface area (Å²) in [6, 6.07) is 5.14. The molecule has 0 atom stereocenters. The Morgan fingerprint density at radius 3 is 2.76 bits per heavy atom. The van der Waals surface area contributed by atoms with Crippen LogP contribution in [0.3, 0.4) is 0 Å². The number of halogens is 1. The molecule has 1 rings (SSSR count). The fraction of sp³-hybridized carbons (Fsp3) is 0.500. The Morgan fingerprint density at radius 2 is 2.12 bits per heavy atom. The molecule has 0 N–H and O–H groups in total. The Balaban J connectivity index is 2.58. The average molecular weight is 302 g/mol. The fourth-order valence-corrected chi connectivity index (χ4v) is 1.93. The molecule has 0 aliphatic carbocycles. The minimum Gasteiger partial charge on any atom is -0.487 e.